The molecule has 0 amide bonds. The van der Waals surface area contributed by atoms with Crippen molar-refractivity contribution >= 4 is 28.0 Å². The molecule has 0 atom stereocenters. The lowest BCUT2D eigenvalue weighted by Crippen LogP contribution is -2.04. The van der Waals surface area contributed by atoms with Gasteiger partial charge >= 0.3 is 5.97 Å². The molecule has 0 spiro atoms. The second kappa shape index (κ2) is 7.66. The summed E-state index contributed by atoms with van der Waals surface area (Å²) in [5, 5.41) is 18.9. The van der Waals surface area contributed by atoms with Crippen LogP contribution in [-0.4, -0.2) is 22.8 Å². The fourth-order valence-corrected chi connectivity index (χ4v) is 2.29. The van der Waals surface area contributed by atoms with Gasteiger partial charge < -0.3 is 14.9 Å². The molecule has 0 aliphatic carbocycles. The summed E-state index contributed by atoms with van der Waals surface area (Å²) in [5.41, 5.74) is 1.67. The van der Waals surface area contributed by atoms with Gasteiger partial charge in [0.05, 0.1) is 11.1 Å². The van der Waals surface area contributed by atoms with Gasteiger partial charge in [-0.1, -0.05) is 30.3 Å². The first-order valence-corrected chi connectivity index (χ1v) is 7.46. The van der Waals surface area contributed by atoms with E-state index in [9.17, 15) is 15.0 Å². The van der Waals surface area contributed by atoms with E-state index in [2.05, 4.69) is 15.9 Å². The number of halogens is 1. The quantitative estimate of drug-likeness (QED) is 0.483. The van der Waals surface area contributed by atoms with Crippen LogP contribution in [0.5, 0.6) is 11.5 Å². The highest BCUT2D eigenvalue weighted by molar-refractivity contribution is 9.10. The Balaban J connectivity index is 1.88. The summed E-state index contributed by atoms with van der Waals surface area (Å²) >= 11 is 3.15. The number of benzene rings is 2. The third kappa shape index (κ3) is 4.36. The molecule has 0 radical (unpaired) electrons. The van der Waals surface area contributed by atoms with Crippen LogP contribution in [0.15, 0.2) is 53.0 Å². The zero-order chi connectivity index (χ0) is 15.9. The number of rotatable bonds is 5. The molecule has 0 heterocycles. The van der Waals surface area contributed by atoms with Crippen molar-refractivity contribution < 1.29 is 19.7 Å². The molecule has 5 heteroatoms. The highest BCUT2D eigenvalue weighted by Crippen LogP contribution is 2.36. The van der Waals surface area contributed by atoms with Gasteiger partial charge in [-0.2, -0.15) is 0 Å². The van der Waals surface area contributed by atoms with Crippen molar-refractivity contribution in [1.82, 2.24) is 0 Å². The zero-order valence-corrected chi connectivity index (χ0v) is 13.3. The van der Waals surface area contributed by atoms with Gasteiger partial charge in [-0.25, -0.2) is 4.79 Å². The predicted octanol–water partition coefficient (Wildman–Crippen LogP) is 3.66. The maximum atomic E-state index is 11.6. The molecule has 0 aromatic heterocycles. The van der Waals surface area contributed by atoms with E-state index >= 15 is 0 Å². The molecule has 0 bridgehead atoms. The summed E-state index contributed by atoms with van der Waals surface area (Å²) in [7, 11) is 0. The van der Waals surface area contributed by atoms with Crippen LogP contribution in [0.3, 0.4) is 0 Å². The molecule has 22 heavy (non-hydrogen) atoms. The molecular weight excluding hydrogens is 348 g/mol. The molecule has 2 rings (SSSR count). The Morgan fingerprint density at radius 2 is 1.86 bits per heavy atom. The van der Waals surface area contributed by atoms with Crippen LogP contribution in [0.4, 0.5) is 0 Å². The third-order valence-electron chi connectivity index (χ3n) is 3.00. The molecule has 2 aromatic rings. The summed E-state index contributed by atoms with van der Waals surface area (Å²) in [5.74, 6) is -0.954. The van der Waals surface area contributed by atoms with Gasteiger partial charge in [-0.05, 0) is 45.3 Å². The van der Waals surface area contributed by atoms with Gasteiger partial charge in [-0.3, -0.25) is 0 Å². The summed E-state index contributed by atoms with van der Waals surface area (Å²) in [6.45, 7) is 0.301. The number of hydrogen-bond acceptors (Lipinski definition) is 4. The Hall–Kier alpha value is -2.27. The second-order valence-electron chi connectivity index (χ2n) is 4.57. The molecule has 2 N–H and O–H groups in total. The highest BCUT2D eigenvalue weighted by atomic mass is 79.9. The van der Waals surface area contributed by atoms with Crippen LogP contribution in [0.25, 0.3) is 6.08 Å². The molecule has 0 saturated heterocycles. The molecule has 0 saturated carbocycles. The van der Waals surface area contributed by atoms with Crippen molar-refractivity contribution in [2.24, 2.45) is 0 Å². The first kappa shape index (κ1) is 16.1. The summed E-state index contributed by atoms with van der Waals surface area (Å²) in [6, 6.07) is 12.7. The van der Waals surface area contributed by atoms with Crippen LogP contribution in [0.1, 0.15) is 11.1 Å². The van der Waals surface area contributed by atoms with E-state index in [0.29, 0.717) is 23.1 Å². The molecule has 0 unspecified atom stereocenters. The molecular formula is C17H15BrO4. The number of hydrogen-bond donors (Lipinski definition) is 2. The van der Waals surface area contributed by atoms with E-state index < -0.39 is 5.97 Å². The van der Waals surface area contributed by atoms with E-state index in [4.69, 9.17) is 4.74 Å². The van der Waals surface area contributed by atoms with E-state index in [1.165, 1.54) is 18.2 Å². The van der Waals surface area contributed by atoms with Crippen LogP contribution >= 0.6 is 15.9 Å². The first-order chi connectivity index (χ1) is 10.6. The Morgan fingerprint density at radius 1 is 1.14 bits per heavy atom. The van der Waals surface area contributed by atoms with Gasteiger partial charge in [0, 0.05) is 12.5 Å². The van der Waals surface area contributed by atoms with Crippen LogP contribution in [0.2, 0.25) is 0 Å². The standard InChI is InChI=1S/C17H15BrO4/c18-16-13(6-8-14(19)17(16)21)7-9-15(20)22-11-10-12-4-2-1-3-5-12/h1-9,19,21H,10-11H2/b9-7+. The average Bonchev–Trinajstić information content (AvgIpc) is 2.53. The minimum atomic E-state index is -0.463. The summed E-state index contributed by atoms with van der Waals surface area (Å²) < 4.78 is 5.43. The van der Waals surface area contributed by atoms with Crippen molar-refractivity contribution in [2.75, 3.05) is 6.61 Å². The Kier molecular flexibility index (Phi) is 5.61. The number of aromatic hydroxyl groups is 2. The largest absolute Gasteiger partial charge is 0.504 e. The molecule has 0 aliphatic heterocycles. The van der Waals surface area contributed by atoms with E-state index in [0.717, 1.165) is 5.56 Å². The maximum absolute atomic E-state index is 11.6. The van der Waals surface area contributed by atoms with Crippen molar-refractivity contribution in [3.8, 4) is 11.5 Å². The molecule has 2 aromatic carbocycles. The third-order valence-corrected chi connectivity index (χ3v) is 3.83. The number of carbonyl (C=O) groups is 1. The Bertz CT molecular complexity index is 681. The Labute approximate surface area is 136 Å². The number of carbonyl (C=O) groups excluding carboxylic acids is 1. The topological polar surface area (TPSA) is 66.8 Å². The van der Waals surface area contributed by atoms with E-state index in [1.54, 1.807) is 6.07 Å². The lowest BCUT2D eigenvalue weighted by Gasteiger charge is -2.04. The first-order valence-electron chi connectivity index (χ1n) is 6.67. The van der Waals surface area contributed by atoms with Gasteiger partial charge in [0.15, 0.2) is 11.5 Å². The number of esters is 1. The Morgan fingerprint density at radius 3 is 2.59 bits per heavy atom. The fourth-order valence-electron chi connectivity index (χ4n) is 1.82. The molecule has 0 aliphatic rings. The van der Waals surface area contributed by atoms with E-state index in [-0.39, 0.29) is 11.5 Å². The predicted molar refractivity (Wildman–Crippen MR) is 87.6 cm³/mol. The normalized spacial score (nSPS) is 10.8. The maximum Gasteiger partial charge on any atom is 0.330 e. The minimum absolute atomic E-state index is 0.227. The van der Waals surface area contributed by atoms with Crippen molar-refractivity contribution in [3.63, 3.8) is 0 Å². The minimum Gasteiger partial charge on any atom is -0.504 e. The number of ether oxygens (including phenoxy) is 1. The fraction of sp³-hybridized carbons (Fsp3) is 0.118. The van der Waals surface area contributed by atoms with Gasteiger partial charge in [-0.15, -0.1) is 0 Å². The van der Waals surface area contributed by atoms with Gasteiger partial charge in [0.2, 0.25) is 0 Å². The SMILES string of the molecule is O=C(/C=C/c1ccc(O)c(O)c1Br)OCCc1ccccc1. The smallest absolute Gasteiger partial charge is 0.330 e. The lowest BCUT2D eigenvalue weighted by molar-refractivity contribution is -0.137. The number of phenolic OH excluding ortho intramolecular Hbond substituents is 2. The van der Waals surface area contributed by atoms with Crippen molar-refractivity contribution in [2.45, 2.75) is 6.42 Å². The second-order valence-corrected chi connectivity index (χ2v) is 5.37. The number of phenols is 2. The lowest BCUT2D eigenvalue weighted by atomic mass is 10.2. The molecule has 0 fully saturated rings. The van der Waals surface area contributed by atoms with E-state index in [1.807, 2.05) is 30.3 Å². The van der Waals surface area contributed by atoms with Crippen LogP contribution < -0.4 is 0 Å². The van der Waals surface area contributed by atoms with Crippen LogP contribution in [-0.2, 0) is 16.0 Å². The van der Waals surface area contributed by atoms with Gasteiger partial charge in [0.25, 0.3) is 0 Å². The average molecular weight is 363 g/mol. The molecule has 114 valence electrons. The monoisotopic (exact) mass is 362 g/mol. The highest BCUT2D eigenvalue weighted by Gasteiger charge is 2.08. The van der Waals surface area contributed by atoms with Gasteiger partial charge in [0.1, 0.15) is 0 Å². The zero-order valence-electron chi connectivity index (χ0n) is 11.7. The van der Waals surface area contributed by atoms with Crippen LogP contribution in [0, 0.1) is 0 Å². The molecule has 4 nitrogen and oxygen atoms in total. The summed E-state index contributed by atoms with van der Waals surface area (Å²) in [4.78, 5) is 11.6. The van der Waals surface area contributed by atoms with Crippen molar-refractivity contribution in [1.29, 1.82) is 0 Å². The summed E-state index contributed by atoms with van der Waals surface area (Å²) in [6.07, 6.45) is 3.44. The van der Waals surface area contributed by atoms with Crippen molar-refractivity contribution in [3.05, 3.63) is 64.1 Å².